The minimum Gasteiger partial charge on any atom is -0.347 e. The van der Waals surface area contributed by atoms with Crippen LogP contribution in [0, 0.1) is 0 Å². The Bertz CT molecular complexity index is 169. The molecule has 1 atom stereocenters. The SMILES string of the molecule is CCCC(N)c1cnc[nH]1. The summed E-state index contributed by atoms with van der Waals surface area (Å²) >= 11 is 0. The van der Waals surface area contributed by atoms with Gasteiger partial charge in [-0.3, -0.25) is 0 Å². The Labute approximate surface area is 60.7 Å². The van der Waals surface area contributed by atoms with E-state index in [9.17, 15) is 0 Å². The van der Waals surface area contributed by atoms with E-state index in [-0.39, 0.29) is 6.04 Å². The standard InChI is InChI=1S/C7H13N3/c1-2-3-6(8)7-4-9-5-10-7/h4-6H,2-3,8H2,1H3,(H,9,10). The van der Waals surface area contributed by atoms with Crippen LogP contribution in [0.1, 0.15) is 31.5 Å². The summed E-state index contributed by atoms with van der Waals surface area (Å²) in [6, 6.07) is 0.132. The maximum absolute atomic E-state index is 5.78. The zero-order valence-electron chi connectivity index (χ0n) is 6.17. The fourth-order valence-electron chi connectivity index (χ4n) is 0.936. The van der Waals surface area contributed by atoms with Crippen molar-refractivity contribution < 1.29 is 0 Å². The Hall–Kier alpha value is -0.830. The van der Waals surface area contributed by atoms with Crippen molar-refractivity contribution in [3.8, 4) is 0 Å². The van der Waals surface area contributed by atoms with Crippen molar-refractivity contribution in [1.29, 1.82) is 0 Å². The highest BCUT2D eigenvalue weighted by Gasteiger charge is 2.03. The number of aromatic nitrogens is 2. The van der Waals surface area contributed by atoms with Crippen molar-refractivity contribution in [3.63, 3.8) is 0 Å². The average Bonchev–Trinajstić information content (AvgIpc) is 2.38. The molecule has 0 saturated carbocycles. The van der Waals surface area contributed by atoms with Gasteiger partial charge in [-0.25, -0.2) is 4.98 Å². The van der Waals surface area contributed by atoms with Gasteiger partial charge in [0.1, 0.15) is 0 Å². The van der Waals surface area contributed by atoms with Crippen molar-refractivity contribution in [2.24, 2.45) is 5.73 Å². The van der Waals surface area contributed by atoms with Gasteiger partial charge in [0.2, 0.25) is 0 Å². The third-order valence-corrected chi connectivity index (χ3v) is 1.52. The van der Waals surface area contributed by atoms with Crippen LogP contribution in [0.5, 0.6) is 0 Å². The van der Waals surface area contributed by atoms with Gasteiger partial charge in [0.05, 0.1) is 12.0 Å². The summed E-state index contributed by atoms with van der Waals surface area (Å²) in [5, 5.41) is 0. The van der Waals surface area contributed by atoms with Crippen LogP contribution in [-0.4, -0.2) is 9.97 Å². The molecule has 1 heterocycles. The molecule has 1 rings (SSSR count). The van der Waals surface area contributed by atoms with E-state index >= 15 is 0 Å². The lowest BCUT2D eigenvalue weighted by molar-refractivity contribution is 0.625. The first-order valence-corrected chi connectivity index (χ1v) is 3.58. The molecule has 1 aromatic rings. The van der Waals surface area contributed by atoms with Crippen molar-refractivity contribution >= 4 is 0 Å². The Balaban J connectivity index is 2.50. The number of nitrogens with one attached hydrogen (secondary N) is 1. The lowest BCUT2D eigenvalue weighted by Crippen LogP contribution is -2.09. The van der Waals surface area contributed by atoms with Crippen LogP contribution in [0.3, 0.4) is 0 Å². The van der Waals surface area contributed by atoms with E-state index in [4.69, 9.17) is 5.73 Å². The van der Waals surface area contributed by atoms with Crippen LogP contribution in [-0.2, 0) is 0 Å². The van der Waals surface area contributed by atoms with E-state index in [0.29, 0.717) is 0 Å². The van der Waals surface area contributed by atoms with Crippen LogP contribution in [0.4, 0.5) is 0 Å². The fourth-order valence-corrected chi connectivity index (χ4v) is 0.936. The summed E-state index contributed by atoms with van der Waals surface area (Å²) in [7, 11) is 0. The highest BCUT2D eigenvalue weighted by Crippen LogP contribution is 2.10. The van der Waals surface area contributed by atoms with Crippen LogP contribution in [0.2, 0.25) is 0 Å². The largest absolute Gasteiger partial charge is 0.347 e. The number of rotatable bonds is 3. The first-order chi connectivity index (χ1) is 4.84. The molecule has 0 aliphatic carbocycles. The summed E-state index contributed by atoms with van der Waals surface area (Å²) < 4.78 is 0. The quantitative estimate of drug-likeness (QED) is 0.661. The molecule has 0 aliphatic rings. The van der Waals surface area contributed by atoms with Gasteiger partial charge in [-0.2, -0.15) is 0 Å². The predicted octanol–water partition coefficient (Wildman–Crippen LogP) is 1.21. The lowest BCUT2D eigenvalue weighted by atomic mass is 10.1. The average molecular weight is 139 g/mol. The fraction of sp³-hybridized carbons (Fsp3) is 0.571. The summed E-state index contributed by atoms with van der Waals surface area (Å²) in [6.45, 7) is 2.12. The van der Waals surface area contributed by atoms with Crippen LogP contribution in [0.25, 0.3) is 0 Å². The number of nitrogens with two attached hydrogens (primary N) is 1. The summed E-state index contributed by atoms with van der Waals surface area (Å²) in [4.78, 5) is 6.88. The maximum atomic E-state index is 5.78. The molecule has 3 nitrogen and oxygen atoms in total. The molecule has 0 radical (unpaired) electrons. The molecule has 0 bridgehead atoms. The van der Waals surface area contributed by atoms with E-state index in [1.165, 1.54) is 0 Å². The number of imidazole rings is 1. The molecule has 3 heteroatoms. The first-order valence-electron chi connectivity index (χ1n) is 3.58. The summed E-state index contributed by atoms with van der Waals surface area (Å²) in [5.41, 5.74) is 6.81. The lowest BCUT2D eigenvalue weighted by Gasteiger charge is -2.05. The monoisotopic (exact) mass is 139 g/mol. The molecule has 0 amide bonds. The van der Waals surface area contributed by atoms with Gasteiger partial charge in [-0.15, -0.1) is 0 Å². The van der Waals surface area contributed by atoms with Crippen molar-refractivity contribution in [2.75, 3.05) is 0 Å². The molecule has 1 unspecified atom stereocenters. The molecular weight excluding hydrogens is 126 g/mol. The normalized spacial score (nSPS) is 13.4. The van der Waals surface area contributed by atoms with E-state index in [0.717, 1.165) is 18.5 Å². The summed E-state index contributed by atoms with van der Waals surface area (Å²) in [6.07, 6.45) is 5.56. The van der Waals surface area contributed by atoms with Crippen molar-refractivity contribution in [2.45, 2.75) is 25.8 Å². The second-order valence-corrected chi connectivity index (χ2v) is 2.40. The Morgan fingerprint density at radius 1 is 1.80 bits per heavy atom. The Kier molecular flexibility index (Phi) is 2.45. The highest BCUT2D eigenvalue weighted by molar-refractivity contribution is 5.00. The zero-order valence-corrected chi connectivity index (χ0v) is 6.17. The molecule has 10 heavy (non-hydrogen) atoms. The van der Waals surface area contributed by atoms with E-state index < -0.39 is 0 Å². The number of H-pyrrole nitrogens is 1. The highest BCUT2D eigenvalue weighted by atomic mass is 14.9. The van der Waals surface area contributed by atoms with Gasteiger partial charge in [0.25, 0.3) is 0 Å². The molecule has 0 spiro atoms. The minimum absolute atomic E-state index is 0.132. The molecule has 0 aliphatic heterocycles. The number of nitrogens with zero attached hydrogens (tertiary/aromatic N) is 1. The van der Waals surface area contributed by atoms with Crippen LogP contribution < -0.4 is 5.73 Å². The molecule has 0 saturated heterocycles. The van der Waals surface area contributed by atoms with Gasteiger partial charge in [0.15, 0.2) is 0 Å². The van der Waals surface area contributed by atoms with Crippen LogP contribution in [0.15, 0.2) is 12.5 Å². The van der Waals surface area contributed by atoms with Crippen molar-refractivity contribution in [1.82, 2.24) is 9.97 Å². The van der Waals surface area contributed by atoms with Crippen LogP contribution >= 0.6 is 0 Å². The van der Waals surface area contributed by atoms with E-state index in [1.54, 1.807) is 12.5 Å². The Morgan fingerprint density at radius 2 is 2.60 bits per heavy atom. The van der Waals surface area contributed by atoms with Crippen molar-refractivity contribution in [3.05, 3.63) is 18.2 Å². The molecule has 56 valence electrons. The second-order valence-electron chi connectivity index (χ2n) is 2.40. The summed E-state index contributed by atoms with van der Waals surface area (Å²) in [5.74, 6) is 0. The second kappa shape index (κ2) is 3.37. The van der Waals surface area contributed by atoms with Gasteiger partial charge >= 0.3 is 0 Å². The number of hydrogen-bond acceptors (Lipinski definition) is 2. The molecule has 0 fully saturated rings. The molecular formula is C7H13N3. The number of hydrogen-bond donors (Lipinski definition) is 2. The van der Waals surface area contributed by atoms with Gasteiger partial charge in [-0.1, -0.05) is 13.3 Å². The smallest absolute Gasteiger partial charge is 0.0922 e. The molecule has 0 aromatic carbocycles. The number of aromatic amines is 1. The third kappa shape index (κ3) is 1.57. The minimum atomic E-state index is 0.132. The van der Waals surface area contributed by atoms with Gasteiger partial charge in [-0.05, 0) is 6.42 Å². The van der Waals surface area contributed by atoms with E-state index in [1.807, 2.05) is 0 Å². The maximum Gasteiger partial charge on any atom is 0.0922 e. The first kappa shape index (κ1) is 7.28. The molecule has 3 N–H and O–H groups in total. The molecule has 1 aromatic heterocycles. The predicted molar refractivity (Wildman–Crippen MR) is 40.4 cm³/mol. The Morgan fingerprint density at radius 3 is 3.10 bits per heavy atom. The van der Waals surface area contributed by atoms with Gasteiger partial charge in [0, 0.05) is 12.2 Å². The third-order valence-electron chi connectivity index (χ3n) is 1.52. The zero-order chi connectivity index (χ0) is 7.40. The topological polar surface area (TPSA) is 54.7 Å². The van der Waals surface area contributed by atoms with E-state index in [2.05, 4.69) is 16.9 Å². The van der Waals surface area contributed by atoms with Gasteiger partial charge < -0.3 is 10.7 Å².